The van der Waals surface area contributed by atoms with E-state index in [1.165, 1.54) is 12.6 Å². The van der Waals surface area contributed by atoms with Gasteiger partial charge in [0.25, 0.3) is 0 Å². The van der Waals surface area contributed by atoms with Crippen LogP contribution in [0.1, 0.15) is 22.3 Å². The van der Waals surface area contributed by atoms with Gasteiger partial charge in [0.1, 0.15) is 12.4 Å². The minimum atomic E-state index is -0.594. The molecular formula is C18H22N2O3. The summed E-state index contributed by atoms with van der Waals surface area (Å²) in [7, 11) is 1.47. The number of hydrogen-bond donors (Lipinski definition) is 2. The van der Waals surface area contributed by atoms with Gasteiger partial charge in [-0.15, -0.1) is 0 Å². The summed E-state index contributed by atoms with van der Waals surface area (Å²) in [5, 5.41) is 13.0. The van der Waals surface area contributed by atoms with E-state index in [2.05, 4.69) is 11.4 Å². The van der Waals surface area contributed by atoms with Crippen LogP contribution in [0.15, 0.2) is 36.4 Å². The number of amides is 2. The Hall–Kier alpha value is -2.53. The van der Waals surface area contributed by atoms with Gasteiger partial charge in [-0.1, -0.05) is 29.8 Å². The van der Waals surface area contributed by atoms with Gasteiger partial charge in [0.15, 0.2) is 0 Å². The zero-order chi connectivity index (χ0) is 17.0. The lowest BCUT2D eigenvalue weighted by Gasteiger charge is -2.20. The quantitative estimate of drug-likeness (QED) is 0.668. The van der Waals surface area contributed by atoms with Crippen molar-refractivity contribution in [2.45, 2.75) is 27.4 Å². The minimum absolute atomic E-state index is 0.264. The predicted molar refractivity (Wildman–Crippen MR) is 90.1 cm³/mol. The van der Waals surface area contributed by atoms with Crippen molar-refractivity contribution in [2.24, 2.45) is 0 Å². The molecule has 0 aliphatic carbocycles. The van der Waals surface area contributed by atoms with Gasteiger partial charge in [-0.25, -0.2) is 4.79 Å². The van der Waals surface area contributed by atoms with E-state index in [9.17, 15) is 10.0 Å². The van der Waals surface area contributed by atoms with Gasteiger partial charge in [-0.3, -0.25) is 5.21 Å². The molecule has 0 fully saturated rings. The number of hydroxylamine groups is 1. The Kier molecular flexibility index (Phi) is 5.24. The number of benzene rings is 2. The molecule has 0 unspecified atom stereocenters. The second-order valence-corrected chi connectivity index (χ2v) is 5.50. The number of nitrogens with one attached hydrogen (secondary N) is 1. The number of ether oxygens (including phenoxy) is 1. The third kappa shape index (κ3) is 3.81. The highest BCUT2D eigenvalue weighted by Gasteiger charge is 2.17. The predicted octanol–water partition coefficient (Wildman–Crippen LogP) is 3.73. The largest absolute Gasteiger partial charge is 0.489 e. The monoisotopic (exact) mass is 314 g/mol. The summed E-state index contributed by atoms with van der Waals surface area (Å²) in [6.07, 6.45) is 0. The number of rotatable bonds is 4. The van der Waals surface area contributed by atoms with Gasteiger partial charge < -0.3 is 10.1 Å². The van der Waals surface area contributed by atoms with Crippen LogP contribution >= 0.6 is 0 Å². The topological polar surface area (TPSA) is 61.8 Å². The Balaban J connectivity index is 2.27. The van der Waals surface area contributed by atoms with Gasteiger partial charge in [-0.2, -0.15) is 5.06 Å². The minimum Gasteiger partial charge on any atom is -0.489 e. The molecular weight excluding hydrogens is 292 g/mol. The molecule has 0 aromatic heterocycles. The van der Waals surface area contributed by atoms with Crippen molar-refractivity contribution in [1.29, 1.82) is 0 Å². The molecule has 0 bridgehead atoms. The van der Waals surface area contributed by atoms with Gasteiger partial charge in [0, 0.05) is 12.6 Å². The Morgan fingerprint density at radius 3 is 2.57 bits per heavy atom. The molecule has 2 aromatic carbocycles. The Morgan fingerprint density at radius 2 is 1.91 bits per heavy atom. The molecule has 2 N–H and O–H groups in total. The van der Waals surface area contributed by atoms with E-state index in [0.29, 0.717) is 10.8 Å². The van der Waals surface area contributed by atoms with Gasteiger partial charge in [0.05, 0.1) is 5.69 Å². The van der Waals surface area contributed by atoms with Crippen molar-refractivity contribution in [3.63, 3.8) is 0 Å². The second kappa shape index (κ2) is 7.15. The van der Waals surface area contributed by atoms with Crippen LogP contribution in [-0.2, 0) is 6.61 Å². The van der Waals surface area contributed by atoms with Crippen LogP contribution in [0.4, 0.5) is 10.5 Å². The fourth-order valence-electron chi connectivity index (χ4n) is 2.40. The highest BCUT2D eigenvalue weighted by molar-refractivity contribution is 5.90. The average Bonchev–Trinajstić information content (AvgIpc) is 2.53. The zero-order valence-electron chi connectivity index (χ0n) is 13.9. The van der Waals surface area contributed by atoms with Crippen LogP contribution in [-0.4, -0.2) is 18.3 Å². The highest BCUT2D eigenvalue weighted by Crippen LogP contribution is 2.26. The van der Waals surface area contributed by atoms with Crippen LogP contribution < -0.4 is 15.1 Å². The van der Waals surface area contributed by atoms with E-state index in [1.807, 2.05) is 39.0 Å². The number of nitrogens with zero attached hydrogens (tertiary/aromatic N) is 1. The van der Waals surface area contributed by atoms with Gasteiger partial charge in [0.2, 0.25) is 0 Å². The van der Waals surface area contributed by atoms with Crippen LogP contribution in [0.3, 0.4) is 0 Å². The molecule has 2 rings (SSSR count). The summed E-state index contributed by atoms with van der Waals surface area (Å²) in [4.78, 5) is 11.7. The van der Waals surface area contributed by atoms with Crippen molar-refractivity contribution in [1.82, 2.24) is 5.32 Å². The maximum atomic E-state index is 11.7. The maximum Gasteiger partial charge on any atom is 0.345 e. The first-order chi connectivity index (χ1) is 10.9. The van der Waals surface area contributed by atoms with E-state index in [-0.39, 0.29) is 6.61 Å². The summed E-state index contributed by atoms with van der Waals surface area (Å²) in [5.41, 5.74) is 4.34. The van der Waals surface area contributed by atoms with Crippen molar-refractivity contribution in [2.75, 3.05) is 12.1 Å². The molecule has 5 heteroatoms. The first kappa shape index (κ1) is 16.8. The lowest BCUT2D eigenvalue weighted by Crippen LogP contribution is -2.36. The molecule has 0 aliphatic heterocycles. The zero-order valence-corrected chi connectivity index (χ0v) is 13.9. The van der Waals surface area contributed by atoms with Crippen molar-refractivity contribution in [3.8, 4) is 5.75 Å². The van der Waals surface area contributed by atoms with E-state index in [1.54, 1.807) is 12.1 Å². The van der Waals surface area contributed by atoms with Crippen LogP contribution in [0.5, 0.6) is 5.75 Å². The molecule has 0 saturated carbocycles. The molecule has 122 valence electrons. The number of urea groups is 1. The second-order valence-electron chi connectivity index (χ2n) is 5.50. The summed E-state index contributed by atoms with van der Waals surface area (Å²) in [6, 6.07) is 10.8. The highest BCUT2D eigenvalue weighted by atomic mass is 16.5. The summed E-state index contributed by atoms with van der Waals surface area (Å²) >= 11 is 0. The molecule has 23 heavy (non-hydrogen) atoms. The fourth-order valence-corrected chi connectivity index (χ4v) is 2.40. The number of hydrogen-bond acceptors (Lipinski definition) is 3. The number of carbonyl (C=O) groups is 1. The normalized spacial score (nSPS) is 10.3. The lowest BCUT2D eigenvalue weighted by atomic mass is 10.1. The molecule has 0 heterocycles. The summed E-state index contributed by atoms with van der Waals surface area (Å²) in [5.74, 6) is 0.786. The van der Waals surface area contributed by atoms with Crippen LogP contribution in [0.2, 0.25) is 0 Å². The third-order valence-corrected chi connectivity index (χ3v) is 3.72. The molecule has 2 amide bonds. The number of anilines is 1. The first-order valence-corrected chi connectivity index (χ1v) is 7.43. The van der Waals surface area contributed by atoms with E-state index in [4.69, 9.17) is 4.74 Å². The standard InChI is InChI=1S/C18H22N2O3/c1-12-8-9-17(14(3)10-12)23-11-15-13(2)6-5-7-16(15)20(22)18(21)19-4/h5-10,22H,11H2,1-4H3,(H,19,21). The third-order valence-electron chi connectivity index (χ3n) is 3.72. The summed E-state index contributed by atoms with van der Waals surface area (Å²) in [6.45, 7) is 6.20. The van der Waals surface area contributed by atoms with E-state index < -0.39 is 6.03 Å². The molecule has 0 spiro atoms. The Labute approximate surface area is 136 Å². The molecule has 0 aliphatic rings. The van der Waals surface area contributed by atoms with Gasteiger partial charge in [-0.05, 0) is 44.0 Å². The molecule has 0 saturated heterocycles. The van der Waals surface area contributed by atoms with Crippen molar-refractivity contribution < 1.29 is 14.7 Å². The smallest absolute Gasteiger partial charge is 0.345 e. The Morgan fingerprint density at radius 1 is 1.17 bits per heavy atom. The molecule has 5 nitrogen and oxygen atoms in total. The molecule has 0 atom stereocenters. The lowest BCUT2D eigenvalue weighted by molar-refractivity contribution is 0.205. The SMILES string of the molecule is CNC(=O)N(O)c1cccc(C)c1COc1ccc(C)cc1C. The van der Waals surface area contributed by atoms with E-state index >= 15 is 0 Å². The summed E-state index contributed by atoms with van der Waals surface area (Å²) < 4.78 is 5.89. The van der Waals surface area contributed by atoms with Crippen molar-refractivity contribution in [3.05, 3.63) is 58.7 Å². The Bertz CT molecular complexity index is 713. The number of aryl methyl sites for hydroxylation is 3. The van der Waals surface area contributed by atoms with Crippen LogP contribution in [0, 0.1) is 20.8 Å². The van der Waals surface area contributed by atoms with Crippen molar-refractivity contribution >= 4 is 11.7 Å². The van der Waals surface area contributed by atoms with E-state index in [0.717, 1.165) is 22.4 Å². The average molecular weight is 314 g/mol. The molecule has 2 aromatic rings. The fraction of sp³-hybridized carbons (Fsp3) is 0.278. The maximum absolute atomic E-state index is 11.7. The number of carbonyl (C=O) groups excluding carboxylic acids is 1. The molecule has 0 radical (unpaired) electrons. The van der Waals surface area contributed by atoms with Gasteiger partial charge >= 0.3 is 6.03 Å². The van der Waals surface area contributed by atoms with Crippen LogP contribution in [0.25, 0.3) is 0 Å². The first-order valence-electron chi connectivity index (χ1n) is 7.43.